The molecule has 0 unspecified atom stereocenters. The van der Waals surface area contributed by atoms with Crippen LogP contribution < -0.4 is 15.4 Å². The summed E-state index contributed by atoms with van der Waals surface area (Å²) in [5, 5.41) is 5.62. The van der Waals surface area contributed by atoms with Crippen LogP contribution in [-0.2, 0) is 4.74 Å². The maximum atomic E-state index is 12.1. The lowest BCUT2D eigenvalue weighted by Gasteiger charge is -2.09. The number of nitrogens with one attached hydrogen (secondary N) is 2. The van der Waals surface area contributed by atoms with Gasteiger partial charge in [-0.05, 0) is 56.2 Å². The first-order chi connectivity index (χ1) is 13.5. The monoisotopic (exact) mass is 384 g/mol. The third-order valence-corrected chi connectivity index (χ3v) is 3.89. The molecular formula is C21H24N2O5. The van der Waals surface area contributed by atoms with Crippen molar-refractivity contribution in [2.24, 2.45) is 0 Å². The van der Waals surface area contributed by atoms with E-state index in [0.29, 0.717) is 36.4 Å². The standard InChI is InChI=1S/C21H24N2O5/c1-3-27-21(26)28-17-11-9-16(10-12-17)19(24)22-13-6-14-23-20(25)18-8-5-4-7-15(18)2/h4-5,7-12H,3,6,13-14H2,1-2H3,(H,22,24)(H,23,25). The van der Waals surface area contributed by atoms with Gasteiger partial charge in [0.25, 0.3) is 11.8 Å². The summed E-state index contributed by atoms with van der Waals surface area (Å²) in [5.41, 5.74) is 2.01. The predicted octanol–water partition coefficient (Wildman–Crippen LogP) is 3.08. The fraction of sp³-hybridized carbons (Fsp3) is 0.286. The zero-order valence-corrected chi connectivity index (χ0v) is 16.0. The third kappa shape index (κ3) is 6.42. The van der Waals surface area contributed by atoms with Crippen molar-refractivity contribution in [3.8, 4) is 5.75 Å². The van der Waals surface area contributed by atoms with E-state index >= 15 is 0 Å². The molecule has 28 heavy (non-hydrogen) atoms. The minimum Gasteiger partial charge on any atom is -0.434 e. The Morgan fingerprint density at radius 1 is 0.893 bits per heavy atom. The lowest BCUT2D eigenvalue weighted by Crippen LogP contribution is -2.30. The molecule has 0 fully saturated rings. The van der Waals surface area contributed by atoms with Crippen LogP contribution in [0.25, 0.3) is 0 Å². The Morgan fingerprint density at radius 2 is 1.54 bits per heavy atom. The van der Waals surface area contributed by atoms with E-state index in [1.165, 1.54) is 12.1 Å². The molecule has 7 heteroatoms. The third-order valence-electron chi connectivity index (χ3n) is 3.89. The Balaban J connectivity index is 1.70. The molecule has 2 amide bonds. The van der Waals surface area contributed by atoms with E-state index in [-0.39, 0.29) is 18.4 Å². The van der Waals surface area contributed by atoms with Crippen LogP contribution in [0, 0.1) is 6.92 Å². The normalized spacial score (nSPS) is 10.1. The van der Waals surface area contributed by atoms with Crippen molar-refractivity contribution in [3.63, 3.8) is 0 Å². The highest BCUT2D eigenvalue weighted by Gasteiger charge is 2.09. The van der Waals surface area contributed by atoms with Gasteiger partial charge in [0, 0.05) is 24.2 Å². The number of amides is 2. The summed E-state index contributed by atoms with van der Waals surface area (Å²) in [5.74, 6) is -0.0663. The molecule has 0 aliphatic rings. The number of hydrogen-bond donors (Lipinski definition) is 2. The molecule has 0 atom stereocenters. The summed E-state index contributed by atoms with van der Waals surface area (Å²) in [6.07, 6.45) is -0.180. The zero-order chi connectivity index (χ0) is 20.4. The molecule has 0 radical (unpaired) electrons. The van der Waals surface area contributed by atoms with Gasteiger partial charge in [0.05, 0.1) is 6.61 Å². The Bertz CT molecular complexity index is 818. The van der Waals surface area contributed by atoms with E-state index in [4.69, 9.17) is 4.74 Å². The van der Waals surface area contributed by atoms with Gasteiger partial charge in [0.15, 0.2) is 0 Å². The van der Waals surface area contributed by atoms with Crippen LogP contribution in [-0.4, -0.2) is 37.7 Å². The fourth-order valence-electron chi connectivity index (χ4n) is 2.44. The first-order valence-corrected chi connectivity index (χ1v) is 9.08. The molecule has 0 saturated carbocycles. The summed E-state index contributed by atoms with van der Waals surface area (Å²) in [4.78, 5) is 35.4. The lowest BCUT2D eigenvalue weighted by atomic mass is 10.1. The topological polar surface area (TPSA) is 93.7 Å². The van der Waals surface area contributed by atoms with E-state index < -0.39 is 6.16 Å². The quantitative estimate of drug-likeness (QED) is 0.414. The van der Waals surface area contributed by atoms with Gasteiger partial charge in [-0.2, -0.15) is 0 Å². The van der Waals surface area contributed by atoms with Crippen molar-refractivity contribution in [2.75, 3.05) is 19.7 Å². The van der Waals surface area contributed by atoms with Gasteiger partial charge in [-0.3, -0.25) is 9.59 Å². The number of aryl methyl sites for hydroxylation is 1. The van der Waals surface area contributed by atoms with Gasteiger partial charge >= 0.3 is 6.16 Å². The van der Waals surface area contributed by atoms with Crippen molar-refractivity contribution in [1.82, 2.24) is 10.6 Å². The number of carbonyl (C=O) groups is 3. The van der Waals surface area contributed by atoms with Crippen LogP contribution in [0.4, 0.5) is 4.79 Å². The van der Waals surface area contributed by atoms with E-state index in [2.05, 4.69) is 15.4 Å². The van der Waals surface area contributed by atoms with Crippen molar-refractivity contribution in [2.45, 2.75) is 20.3 Å². The van der Waals surface area contributed by atoms with E-state index in [9.17, 15) is 14.4 Å². The molecule has 0 spiro atoms. The Morgan fingerprint density at radius 3 is 2.18 bits per heavy atom. The second-order valence-corrected chi connectivity index (χ2v) is 5.99. The largest absolute Gasteiger partial charge is 0.513 e. The Hall–Kier alpha value is -3.35. The van der Waals surface area contributed by atoms with Gasteiger partial charge < -0.3 is 20.1 Å². The average molecular weight is 384 g/mol. The summed E-state index contributed by atoms with van der Waals surface area (Å²) >= 11 is 0. The number of rotatable bonds is 8. The molecule has 0 bridgehead atoms. The van der Waals surface area contributed by atoms with Crippen molar-refractivity contribution >= 4 is 18.0 Å². The van der Waals surface area contributed by atoms with Crippen molar-refractivity contribution < 1.29 is 23.9 Å². The van der Waals surface area contributed by atoms with Crippen LogP contribution in [0.15, 0.2) is 48.5 Å². The maximum Gasteiger partial charge on any atom is 0.513 e. The first-order valence-electron chi connectivity index (χ1n) is 9.08. The molecule has 0 aliphatic heterocycles. The maximum absolute atomic E-state index is 12.1. The highest BCUT2D eigenvalue weighted by atomic mass is 16.7. The summed E-state index contributed by atoms with van der Waals surface area (Å²) in [6, 6.07) is 13.5. The molecule has 2 aromatic carbocycles. The molecule has 0 saturated heterocycles. The number of hydrogen-bond acceptors (Lipinski definition) is 5. The van der Waals surface area contributed by atoms with Crippen LogP contribution >= 0.6 is 0 Å². The van der Waals surface area contributed by atoms with Crippen molar-refractivity contribution in [1.29, 1.82) is 0 Å². The Labute approximate surface area is 164 Å². The highest BCUT2D eigenvalue weighted by molar-refractivity contribution is 5.95. The van der Waals surface area contributed by atoms with E-state index in [1.807, 2.05) is 25.1 Å². The summed E-state index contributed by atoms with van der Waals surface area (Å²) < 4.78 is 9.62. The van der Waals surface area contributed by atoms with Gasteiger partial charge in [0.2, 0.25) is 0 Å². The molecular weight excluding hydrogens is 360 g/mol. The molecule has 2 N–H and O–H groups in total. The second kappa shape index (κ2) is 10.7. The molecule has 0 aromatic heterocycles. The fourth-order valence-corrected chi connectivity index (χ4v) is 2.44. The molecule has 0 heterocycles. The Kier molecular flexibility index (Phi) is 8.02. The molecule has 7 nitrogen and oxygen atoms in total. The zero-order valence-electron chi connectivity index (χ0n) is 16.0. The van der Waals surface area contributed by atoms with Gasteiger partial charge in [0.1, 0.15) is 5.75 Å². The van der Waals surface area contributed by atoms with Gasteiger partial charge in [-0.15, -0.1) is 0 Å². The minimum atomic E-state index is -0.785. The summed E-state index contributed by atoms with van der Waals surface area (Å²) in [6.45, 7) is 4.68. The molecule has 2 rings (SSSR count). The average Bonchev–Trinajstić information content (AvgIpc) is 2.68. The first kappa shape index (κ1) is 21.0. The number of ether oxygens (including phenoxy) is 2. The molecule has 148 valence electrons. The van der Waals surface area contributed by atoms with E-state index in [1.54, 1.807) is 25.1 Å². The van der Waals surface area contributed by atoms with E-state index in [0.717, 1.165) is 5.56 Å². The molecule has 2 aromatic rings. The van der Waals surface area contributed by atoms with Gasteiger partial charge in [-0.1, -0.05) is 18.2 Å². The van der Waals surface area contributed by atoms with Gasteiger partial charge in [-0.25, -0.2) is 4.79 Å². The number of carbonyl (C=O) groups excluding carboxylic acids is 3. The SMILES string of the molecule is CCOC(=O)Oc1ccc(C(=O)NCCCNC(=O)c2ccccc2C)cc1. The smallest absolute Gasteiger partial charge is 0.434 e. The van der Waals surface area contributed by atoms with Crippen LogP contribution in [0.5, 0.6) is 5.75 Å². The minimum absolute atomic E-state index is 0.124. The number of benzene rings is 2. The lowest BCUT2D eigenvalue weighted by molar-refractivity contribution is 0.0950. The molecule has 0 aliphatic carbocycles. The second-order valence-electron chi connectivity index (χ2n) is 5.99. The highest BCUT2D eigenvalue weighted by Crippen LogP contribution is 2.13. The summed E-state index contributed by atoms with van der Waals surface area (Å²) in [7, 11) is 0. The van der Waals surface area contributed by atoms with Crippen LogP contribution in [0.1, 0.15) is 39.6 Å². The predicted molar refractivity (Wildman–Crippen MR) is 105 cm³/mol. The van der Waals surface area contributed by atoms with Crippen molar-refractivity contribution in [3.05, 3.63) is 65.2 Å². The van der Waals surface area contributed by atoms with Crippen LogP contribution in [0.2, 0.25) is 0 Å². The van der Waals surface area contributed by atoms with Crippen LogP contribution in [0.3, 0.4) is 0 Å².